The standard InChI is InChI=1S/C19H15NO6S/c21-19-17(26-13-14-9-11-15(12-10-14)20(22)23)7-4-8-18(19)27(24,25)16-5-2-1-3-6-16/h1-12,21H,13H2. The van der Waals surface area contributed by atoms with Gasteiger partial charge in [0.05, 0.1) is 9.82 Å². The first kappa shape index (κ1) is 18.4. The van der Waals surface area contributed by atoms with Gasteiger partial charge in [0.2, 0.25) is 9.84 Å². The molecule has 0 amide bonds. The maximum atomic E-state index is 12.7. The summed E-state index contributed by atoms with van der Waals surface area (Å²) in [4.78, 5) is 9.97. The second-order valence-corrected chi connectivity index (χ2v) is 7.55. The number of sulfone groups is 1. The van der Waals surface area contributed by atoms with E-state index < -0.39 is 20.5 Å². The molecule has 0 aromatic heterocycles. The number of nitro benzene ring substituents is 1. The average molecular weight is 385 g/mol. The lowest BCUT2D eigenvalue weighted by atomic mass is 10.2. The summed E-state index contributed by atoms with van der Waals surface area (Å²) in [6, 6.07) is 17.7. The normalized spacial score (nSPS) is 11.1. The zero-order chi connectivity index (χ0) is 19.4. The Kier molecular flexibility index (Phi) is 5.09. The quantitative estimate of drug-likeness (QED) is 0.512. The third-order valence-corrected chi connectivity index (χ3v) is 5.65. The van der Waals surface area contributed by atoms with E-state index >= 15 is 0 Å². The van der Waals surface area contributed by atoms with Gasteiger partial charge in [-0.05, 0) is 42.0 Å². The molecule has 27 heavy (non-hydrogen) atoms. The van der Waals surface area contributed by atoms with Crippen LogP contribution in [0.15, 0.2) is 82.6 Å². The molecule has 0 spiro atoms. The highest BCUT2D eigenvalue weighted by atomic mass is 32.2. The highest BCUT2D eigenvalue weighted by Gasteiger charge is 2.23. The number of aromatic hydroxyl groups is 1. The van der Waals surface area contributed by atoms with Crippen LogP contribution < -0.4 is 4.74 Å². The van der Waals surface area contributed by atoms with Gasteiger partial charge < -0.3 is 9.84 Å². The number of ether oxygens (including phenoxy) is 1. The van der Waals surface area contributed by atoms with Crippen LogP contribution in [0.1, 0.15) is 5.56 Å². The fourth-order valence-electron chi connectivity index (χ4n) is 2.44. The van der Waals surface area contributed by atoms with Crippen LogP contribution in [0, 0.1) is 10.1 Å². The SMILES string of the molecule is O=[N+]([O-])c1ccc(COc2cccc(S(=O)(=O)c3ccccc3)c2O)cc1. The van der Waals surface area contributed by atoms with Crippen molar-refractivity contribution in [3.05, 3.63) is 88.5 Å². The Morgan fingerprint density at radius 3 is 2.22 bits per heavy atom. The van der Waals surface area contributed by atoms with E-state index in [1.165, 1.54) is 54.6 Å². The number of para-hydroxylation sites is 1. The van der Waals surface area contributed by atoms with E-state index in [2.05, 4.69) is 0 Å². The summed E-state index contributed by atoms with van der Waals surface area (Å²) < 4.78 is 30.9. The zero-order valence-corrected chi connectivity index (χ0v) is 14.8. The van der Waals surface area contributed by atoms with Crippen LogP contribution in [-0.4, -0.2) is 18.4 Å². The van der Waals surface area contributed by atoms with Crippen molar-refractivity contribution >= 4 is 15.5 Å². The smallest absolute Gasteiger partial charge is 0.269 e. The number of hydrogen-bond donors (Lipinski definition) is 1. The van der Waals surface area contributed by atoms with E-state index in [-0.39, 0.29) is 27.8 Å². The molecule has 0 saturated carbocycles. The van der Waals surface area contributed by atoms with Crippen LogP contribution in [0.5, 0.6) is 11.5 Å². The second-order valence-electron chi connectivity index (χ2n) is 5.63. The first-order valence-corrected chi connectivity index (χ1v) is 9.36. The molecule has 0 bridgehead atoms. The summed E-state index contributed by atoms with van der Waals surface area (Å²) in [7, 11) is -3.90. The molecule has 0 atom stereocenters. The van der Waals surface area contributed by atoms with E-state index in [9.17, 15) is 23.6 Å². The van der Waals surface area contributed by atoms with Crippen LogP contribution in [0.25, 0.3) is 0 Å². The van der Waals surface area contributed by atoms with Gasteiger partial charge in [-0.1, -0.05) is 24.3 Å². The van der Waals surface area contributed by atoms with E-state index in [1.54, 1.807) is 18.2 Å². The van der Waals surface area contributed by atoms with Crippen molar-refractivity contribution in [3.8, 4) is 11.5 Å². The number of nitro groups is 1. The minimum Gasteiger partial charge on any atom is -0.503 e. The van der Waals surface area contributed by atoms with Crippen molar-refractivity contribution in [3.63, 3.8) is 0 Å². The number of phenolic OH excluding ortho intramolecular Hbond substituents is 1. The maximum absolute atomic E-state index is 12.7. The number of benzene rings is 3. The topological polar surface area (TPSA) is 107 Å². The Hall–Kier alpha value is -3.39. The predicted octanol–water partition coefficient (Wildman–Crippen LogP) is 3.71. The zero-order valence-electron chi connectivity index (χ0n) is 14.0. The molecule has 3 aromatic rings. The summed E-state index contributed by atoms with van der Waals surface area (Å²) in [5.41, 5.74) is 0.592. The minimum absolute atomic E-state index is 0.00496. The molecule has 0 fully saturated rings. The first-order valence-electron chi connectivity index (χ1n) is 7.88. The van der Waals surface area contributed by atoms with Gasteiger partial charge in [0.25, 0.3) is 5.69 Å². The largest absolute Gasteiger partial charge is 0.503 e. The Balaban J connectivity index is 1.84. The fourth-order valence-corrected chi connectivity index (χ4v) is 3.82. The minimum atomic E-state index is -3.90. The summed E-state index contributed by atoms with van der Waals surface area (Å²) in [6.07, 6.45) is 0. The van der Waals surface area contributed by atoms with Crippen LogP contribution in [-0.2, 0) is 16.4 Å². The third kappa shape index (κ3) is 3.90. The summed E-state index contributed by atoms with van der Waals surface area (Å²) in [5, 5.41) is 21.1. The van der Waals surface area contributed by atoms with Crippen molar-refractivity contribution in [1.82, 2.24) is 0 Å². The van der Waals surface area contributed by atoms with Crippen molar-refractivity contribution in [2.24, 2.45) is 0 Å². The maximum Gasteiger partial charge on any atom is 0.269 e. The molecule has 0 saturated heterocycles. The molecular formula is C19H15NO6S. The summed E-state index contributed by atoms with van der Waals surface area (Å²) in [5.74, 6) is -0.478. The number of non-ortho nitro benzene ring substituents is 1. The van der Waals surface area contributed by atoms with E-state index in [0.29, 0.717) is 5.56 Å². The highest BCUT2D eigenvalue weighted by molar-refractivity contribution is 7.91. The third-order valence-electron chi connectivity index (χ3n) is 3.85. The van der Waals surface area contributed by atoms with Crippen LogP contribution in [0.3, 0.4) is 0 Å². The molecule has 7 nitrogen and oxygen atoms in total. The van der Waals surface area contributed by atoms with Gasteiger partial charge in [0.1, 0.15) is 11.5 Å². The van der Waals surface area contributed by atoms with E-state index in [4.69, 9.17) is 4.74 Å². The molecule has 0 unspecified atom stereocenters. The molecular weight excluding hydrogens is 370 g/mol. The fraction of sp³-hybridized carbons (Fsp3) is 0.0526. The Morgan fingerprint density at radius 1 is 0.926 bits per heavy atom. The number of hydrogen-bond acceptors (Lipinski definition) is 6. The first-order chi connectivity index (χ1) is 12.9. The molecule has 8 heteroatoms. The van der Waals surface area contributed by atoms with Gasteiger partial charge in [-0.25, -0.2) is 8.42 Å². The predicted molar refractivity (Wildman–Crippen MR) is 97.4 cm³/mol. The van der Waals surface area contributed by atoms with Crippen molar-refractivity contribution in [2.45, 2.75) is 16.4 Å². The number of rotatable bonds is 6. The molecule has 138 valence electrons. The van der Waals surface area contributed by atoms with Gasteiger partial charge in [-0.3, -0.25) is 10.1 Å². The Bertz CT molecular complexity index is 1060. The van der Waals surface area contributed by atoms with Crippen LogP contribution in [0.4, 0.5) is 5.69 Å². The lowest BCUT2D eigenvalue weighted by Crippen LogP contribution is -2.03. The number of nitrogens with zero attached hydrogens (tertiary/aromatic N) is 1. The monoisotopic (exact) mass is 385 g/mol. The molecule has 0 aliphatic carbocycles. The lowest BCUT2D eigenvalue weighted by Gasteiger charge is -2.12. The molecule has 0 aliphatic heterocycles. The van der Waals surface area contributed by atoms with Crippen LogP contribution >= 0.6 is 0 Å². The number of phenols is 1. The van der Waals surface area contributed by atoms with E-state index in [0.717, 1.165) is 0 Å². The van der Waals surface area contributed by atoms with Crippen molar-refractivity contribution in [2.75, 3.05) is 0 Å². The average Bonchev–Trinajstić information content (AvgIpc) is 2.68. The molecule has 3 aromatic carbocycles. The Labute approximate surface area is 155 Å². The van der Waals surface area contributed by atoms with Crippen LogP contribution in [0.2, 0.25) is 0 Å². The summed E-state index contributed by atoms with van der Waals surface area (Å²) in [6.45, 7) is 0.0143. The molecule has 0 aliphatic rings. The molecule has 3 rings (SSSR count). The van der Waals surface area contributed by atoms with Crippen molar-refractivity contribution < 1.29 is 23.2 Å². The van der Waals surface area contributed by atoms with Gasteiger partial charge in [-0.15, -0.1) is 0 Å². The van der Waals surface area contributed by atoms with Crippen molar-refractivity contribution in [1.29, 1.82) is 0 Å². The van der Waals surface area contributed by atoms with E-state index in [1.807, 2.05) is 0 Å². The molecule has 0 heterocycles. The van der Waals surface area contributed by atoms with Gasteiger partial charge >= 0.3 is 0 Å². The Morgan fingerprint density at radius 2 is 1.59 bits per heavy atom. The molecule has 0 radical (unpaired) electrons. The van der Waals surface area contributed by atoms with Gasteiger partial charge in [-0.2, -0.15) is 0 Å². The summed E-state index contributed by atoms with van der Waals surface area (Å²) >= 11 is 0. The van der Waals surface area contributed by atoms with Gasteiger partial charge in [0.15, 0.2) is 11.5 Å². The highest BCUT2D eigenvalue weighted by Crippen LogP contribution is 2.36. The lowest BCUT2D eigenvalue weighted by molar-refractivity contribution is -0.384. The van der Waals surface area contributed by atoms with Gasteiger partial charge in [0, 0.05) is 12.1 Å². The second kappa shape index (κ2) is 7.46. The molecule has 1 N–H and O–H groups in total.